The van der Waals surface area contributed by atoms with Crippen molar-refractivity contribution in [1.29, 1.82) is 0 Å². The number of benzene rings is 1. The molecule has 3 atom stereocenters. The Morgan fingerprint density at radius 3 is 2.59 bits per heavy atom. The molecule has 3 rings (SSSR count). The number of carbonyl (C=O) groups excluding carboxylic acids is 1. The van der Waals surface area contributed by atoms with E-state index in [1.807, 2.05) is 35.2 Å². The molecule has 0 amide bonds. The fourth-order valence-electron chi connectivity index (χ4n) is 3.93. The van der Waals surface area contributed by atoms with Gasteiger partial charge in [0.15, 0.2) is 6.23 Å². The topological polar surface area (TPSA) is 75.8 Å². The first-order valence-electron chi connectivity index (χ1n) is 8.00. The van der Waals surface area contributed by atoms with Crippen LogP contribution >= 0.6 is 0 Å². The fraction of sp³-hybridized carbons (Fsp3) is 0.588. The normalized spacial score (nSPS) is 29.4. The molecule has 5 nitrogen and oxygen atoms in total. The van der Waals surface area contributed by atoms with E-state index in [1.165, 1.54) is 0 Å². The van der Waals surface area contributed by atoms with Gasteiger partial charge in [-0.1, -0.05) is 43.2 Å². The molecule has 1 aliphatic carbocycles. The van der Waals surface area contributed by atoms with Crippen LogP contribution in [-0.4, -0.2) is 41.2 Å². The number of hydrogen-bond acceptors (Lipinski definition) is 5. The van der Waals surface area contributed by atoms with Crippen LogP contribution in [0.3, 0.4) is 0 Å². The van der Waals surface area contributed by atoms with Crippen LogP contribution in [0, 0.1) is 5.92 Å². The maximum Gasteiger partial charge on any atom is 0.294 e. The molecule has 0 spiro atoms. The van der Waals surface area contributed by atoms with Gasteiger partial charge in [-0.25, -0.2) is 0 Å². The summed E-state index contributed by atoms with van der Waals surface area (Å²) in [7, 11) is 0. The number of likely N-dealkylation sites (tertiary alicyclic amines) is 1. The Morgan fingerprint density at radius 2 is 1.95 bits per heavy atom. The highest BCUT2D eigenvalue weighted by molar-refractivity contribution is 5.38. The van der Waals surface area contributed by atoms with Crippen molar-refractivity contribution in [1.82, 2.24) is 4.90 Å². The van der Waals surface area contributed by atoms with Crippen LogP contribution < -0.4 is 5.73 Å². The quantitative estimate of drug-likeness (QED) is 0.805. The van der Waals surface area contributed by atoms with Crippen LogP contribution in [0.1, 0.15) is 37.5 Å². The van der Waals surface area contributed by atoms with E-state index in [0.29, 0.717) is 19.6 Å². The molecular weight excluding hydrogens is 280 g/mol. The average molecular weight is 304 g/mol. The van der Waals surface area contributed by atoms with Crippen LogP contribution in [0.2, 0.25) is 0 Å². The van der Waals surface area contributed by atoms with Crippen molar-refractivity contribution in [2.24, 2.45) is 11.7 Å². The first-order valence-corrected chi connectivity index (χ1v) is 8.00. The number of aliphatic hydroxyl groups is 1. The van der Waals surface area contributed by atoms with E-state index in [9.17, 15) is 9.90 Å². The van der Waals surface area contributed by atoms with Crippen molar-refractivity contribution < 1.29 is 14.6 Å². The van der Waals surface area contributed by atoms with Gasteiger partial charge in [-0.15, -0.1) is 0 Å². The van der Waals surface area contributed by atoms with Crippen molar-refractivity contribution in [2.45, 2.75) is 43.6 Å². The second-order valence-corrected chi connectivity index (χ2v) is 6.56. The summed E-state index contributed by atoms with van der Waals surface area (Å²) >= 11 is 0. The summed E-state index contributed by atoms with van der Waals surface area (Å²) in [6.45, 7) is 1.47. The summed E-state index contributed by atoms with van der Waals surface area (Å²) in [6, 6.07) is 9.69. The molecule has 0 bridgehead atoms. The molecule has 3 N–H and O–H groups in total. The zero-order valence-electron chi connectivity index (χ0n) is 12.7. The summed E-state index contributed by atoms with van der Waals surface area (Å²) in [6.07, 6.45) is 3.82. The highest BCUT2D eigenvalue weighted by atomic mass is 16.5. The van der Waals surface area contributed by atoms with Gasteiger partial charge in [-0.05, 0) is 12.8 Å². The minimum atomic E-state index is -0.751. The Morgan fingerprint density at radius 1 is 1.27 bits per heavy atom. The smallest absolute Gasteiger partial charge is 0.294 e. The summed E-state index contributed by atoms with van der Waals surface area (Å²) in [5.74, 6) is 0.144. The van der Waals surface area contributed by atoms with Gasteiger partial charge in [0, 0.05) is 30.6 Å². The minimum absolute atomic E-state index is 0.0723. The predicted octanol–water partition coefficient (Wildman–Crippen LogP) is 1.42. The van der Waals surface area contributed by atoms with Crippen LogP contribution in [0.25, 0.3) is 0 Å². The molecule has 1 saturated heterocycles. The number of carbonyl (C=O) groups is 1. The molecule has 1 aromatic rings. The standard InChI is InChI=1S/C17H24N2O3/c18-15-9-5-4-8-14(15)17(21)10-19(11-17)16(22-12-20)13-6-2-1-3-7-13/h1-3,6-7,12,14-16,21H,4-5,8-11,18H2. The van der Waals surface area contributed by atoms with Crippen molar-refractivity contribution in [3.05, 3.63) is 35.9 Å². The van der Waals surface area contributed by atoms with Gasteiger partial charge >= 0.3 is 0 Å². The van der Waals surface area contributed by atoms with Gasteiger partial charge in [-0.2, -0.15) is 0 Å². The number of rotatable bonds is 5. The molecule has 1 aliphatic heterocycles. The largest absolute Gasteiger partial charge is 0.444 e. The van der Waals surface area contributed by atoms with Crippen molar-refractivity contribution in [2.75, 3.05) is 13.1 Å². The number of hydrogen-bond donors (Lipinski definition) is 2. The van der Waals surface area contributed by atoms with E-state index in [0.717, 1.165) is 31.2 Å². The first-order chi connectivity index (χ1) is 10.6. The van der Waals surface area contributed by atoms with E-state index in [4.69, 9.17) is 10.5 Å². The summed E-state index contributed by atoms with van der Waals surface area (Å²) in [5.41, 5.74) is 6.37. The van der Waals surface area contributed by atoms with Crippen LogP contribution in [0.5, 0.6) is 0 Å². The lowest BCUT2D eigenvalue weighted by Gasteiger charge is -2.54. The van der Waals surface area contributed by atoms with E-state index in [-0.39, 0.29) is 12.0 Å². The summed E-state index contributed by atoms with van der Waals surface area (Å²) < 4.78 is 5.24. The number of nitrogens with zero attached hydrogens (tertiary/aromatic N) is 1. The number of β-amino-alcohol motifs (C(OH)–C–C–N with tert-alkyl or cyclic N) is 1. The molecule has 0 radical (unpaired) electrons. The van der Waals surface area contributed by atoms with E-state index >= 15 is 0 Å². The number of ether oxygens (including phenoxy) is 1. The van der Waals surface area contributed by atoms with E-state index < -0.39 is 11.8 Å². The lowest BCUT2D eigenvalue weighted by molar-refractivity contribution is -0.204. The molecule has 22 heavy (non-hydrogen) atoms. The SMILES string of the molecule is NC1CCCCC1C1(O)CN(C(OC=O)c2ccccc2)C1. The first kappa shape index (κ1) is 15.5. The second-order valence-electron chi connectivity index (χ2n) is 6.56. The lowest BCUT2D eigenvalue weighted by atomic mass is 9.70. The van der Waals surface area contributed by atoms with Gasteiger partial charge in [0.05, 0.1) is 5.60 Å². The van der Waals surface area contributed by atoms with Gasteiger partial charge in [0.25, 0.3) is 6.47 Å². The predicted molar refractivity (Wildman–Crippen MR) is 82.8 cm³/mol. The van der Waals surface area contributed by atoms with Crippen molar-refractivity contribution >= 4 is 6.47 Å². The van der Waals surface area contributed by atoms with Crippen LogP contribution in [-0.2, 0) is 9.53 Å². The molecule has 2 fully saturated rings. The second kappa shape index (κ2) is 6.36. The fourth-order valence-corrected chi connectivity index (χ4v) is 3.93. The monoisotopic (exact) mass is 304 g/mol. The van der Waals surface area contributed by atoms with E-state index in [1.54, 1.807) is 0 Å². The van der Waals surface area contributed by atoms with Gasteiger partial charge in [0.1, 0.15) is 0 Å². The van der Waals surface area contributed by atoms with E-state index in [2.05, 4.69) is 0 Å². The molecule has 1 heterocycles. The molecule has 1 saturated carbocycles. The Labute approximate surface area is 131 Å². The van der Waals surface area contributed by atoms with Gasteiger partial charge < -0.3 is 15.6 Å². The molecule has 2 aliphatic rings. The van der Waals surface area contributed by atoms with Gasteiger partial charge in [0.2, 0.25) is 0 Å². The molecule has 3 unspecified atom stereocenters. The summed E-state index contributed by atoms with van der Waals surface area (Å²) in [4.78, 5) is 12.8. The maximum atomic E-state index is 10.9. The third kappa shape index (κ3) is 2.89. The molecule has 0 aromatic heterocycles. The van der Waals surface area contributed by atoms with Crippen molar-refractivity contribution in [3.63, 3.8) is 0 Å². The van der Waals surface area contributed by atoms with Gasteiger partial charge in [-0.3, -0.25) is 9.69 Å². The Bertz CT molecular complexity index is 502. The highest BCUT2D eigenvalue weighted by Crippen LogP contribution is 2.41. The Balaban J connectivity index is 1.68. The molecule has 5 heteroatoms. The third-order valence-corrected chi connectivity index (χ3v) is 5.06. The Kier molecular flexibility index (Phi) is 4.47. The Hall–Kier alpha value is -1.43. The third-order valence-electron chi connectivity index (χ3n) is 5.06. The maximum absolute atomic E-state index is 10.9. The van der Waals surface area contributed by atoms with Crippen LogP contribution in [0.15, 0.2) is 30.3 Å². The molecule has 1 aromatic carbocycles. The molecule has 120 valence electrons. The molecular formula is C17H24N2O3. The number of nitrogens with two attached hydrogens (primary N) is 1. The highest BCUT2D eigenvalue weighted by Gasteiger charge is 2.52. The average Bonchev–Trinajstić information content (AvgIpc) is 2.51. The zero-order valence-corrected chi connectivity index (χ0v) is 12.7. The zero-order chi connectivity index (χ0) is 15.6. The van der Waals surface area contributed by atoms with Crippen LogP contribution in [0.4, 0.5) is 0 Å². The minimum Gasteiger partial charge on any atom is -0.444 e. The summed E-state index contributed by atoms with van der Waals surface area (Å²) in [5, 5.41) is 10.9. The van der Waals surface area contributed by atoms with Crippen molar-refractivity contribution in [3.8, 4) is 0 Å². The lowest BCUT2D eigenvalue weighted by Crippen LogP contribution is -2.69.